The van der Waals surface area contributed by atoms with Crippen molar-refractivity contribution in [1.82, 2.24) is 16.1 Å². The van der Waals surface area contributed by atoms with Crippen LogP contribution in [-0.2, 0) is 9.59 Å². The van der Waals surface area contributed by atoms with Crippen LogP contribution in [0, 0.1) is 0 Å². The molecule has 2 aromatic rings. The van der Waals surface area contributed by atoms with Crippen LogP contribution in [0.5, 0.6) is 0 Å². The fourth-order valence-corrected chi connectivity index (χ4v) is 2.48. The highest BCUT2D eigenvalue weighted by molar-refractivity contribution is 7.12. The number of amides is 3. The number of benzene rings is 1. The molecule has 0 unspecified atom stereocenters. The lowest BCUT2D eigenvalue weighted by molar-refractivity contribution is -0.125. The Balaban J connectivity index is 1.67. The van der Waals surface area contributed by atoms with Gasteiger partial charge in [-0.2, -0.15) is 0 Å². The molecule has 1 heterocycles. The molecule has 0 aliphatic rings. The first kappa shape index (κ1) is 17.5. The molecule has 0 atom stereocenters. The summed E-state index contributed by atoms with van der Waals surface area (Å²) in [6, 6.07) is 12.7. The van der Waals surface area contributed by atoms with Gasteiger partial charge in [0.25, 0.3) is 11.8 Å². The second-order valence-electron chi connectivity index (χ2n) is 4.87. The second-order valence-corrected chi connectivity index (χ2v) is 5.81. The van der Waals surface area contributed by atoms with Gasteiger partial charge in [0.2, 0.25) is 5.91 Å². The second kappa shape index (κ2) is 8.68. The first-order valence-electron chi connectivity index (χ1n) is 7.23. The third kappa shape index (κ3) is 5.40. The number of carbonyl (C=O) groups is 3. The maximum Gasteiger partial charge on any atom is 0.261 e. The summed E-state index contributed by atoms with van der Waals surface area (Å²) in [5.41, 5.74) is 3.45. The predicted molar refractivity (Wildman–Crippen MR) is 92.6 cm³/mol. The van der Waals surface area contributed by atoms with E-state index in [1.807, 2.05) is 30.3 Å². The van der Waals surface area contributed by atoms with Crippen LogP contribution in [0.15, 0.2) is 47.8 Å². The molecule has 0 bridgehead atoms. The lowest BCUT2D eigenvalue weighted by Gasteiger charge is -2.20. The van der Waals surface area contributed by atoms with Gasteiger partial charge < -0.3 is 10.6 Å². The molecule has 1 aromatic heterocycles. The molecule has 24 heavy (non-hydrogen) atoms. The molecule has 8 heteroatoms. The van der Waals surface area contributed by atoms with Crippen LogP contribution in [-0.4, -0.2) is 37.9 Å². The Labute approximate surface area is 143 Å². The smallest absolute Gasteiger partial charge is 0.261 e. The SMILES string of the molecule is CN(NC(=O)CNC(=O)CNC(=O)c1cccs1)c1ccccc1. The summed E-state index contributed by atoms with van der Waals surface area (Å²) in [5.74, 6) is -1.11. The largest absolute Gasteiger partial charge is 0.345 e. The van der Waals surface area contributed by atoms with Gasteiger partial charge >= 0.3 is 0 Å². The highest BCUT2D eigenvalue weighted by Gasteiger charge is 2.10. The summed E-state index contributed by atoms with van der Waals surface area (Å²) in [5, 5.41) is 8.29. The number of hydrazine groups is 1. The number of carbonyl (C=O) groups excluding carboxylic acids is 3. The Bertz CT molecular complexity index is 689. The van der Waals surface area contributed by atoms with E-state index in [9.17, 15) is 14.4 Å². The quantitative estimate of drug-likeness (QED) is 0.646. The van der Waals surface area contributed by atoms with E-state index >= 15 is 0 Å². The van der Waals surface area contributed by atoms with Crippen molar-refractivity contribution < 1.29 is 14.4 Å². The van der Waals surface area contributed by atoms with E-state index in [-0.39, 0.29) is 24.9 Å². The van der Waals surface area contributed by atoms with Gasteiger partial charge in [-0.15, -0.1) is 11.3 Å². The number of anilines is 1. The Morgan fingerprint density at radius 2 is 1.67 bits per heavy atom. The zero-order valence-corrected chi connectivity index (χ0v) is 13.9. The average molecular weight is 346 g/mol. The van der Waals surface area contributed by atoms with E-state index in [1.165, 1.54) is 11.3 Å². The number of hydrogen-bond donors (Lipinski definition) is 3. The van der Waals surface area contributed by atoms with Crippen LogP contribution in [0.3, 0.4) is 0 Å². The maximum absolute atomic E-state index is 11.8. The number of para-hydroxylation sites is 1. The standard InChI is InChI=1S/C16H18N4O3S/c1-20(12-6-3-2-4-7-12)19-15(22)11-17-14(21)10-18-16(23)13-8-5-9-24-13/h2-9H,10-11H2,1H3,(H,17,21)(H,18,23)(H,19,22). The number of rotatable bonds is 7. The van der Waals surface area contributed by atoms with Crippen LogP contribution in [0.4, 0.5) is 5.69 Å². The maximum atomic E-state index is 11.8. The van der Waals surface area contributed by atoms with Gasteiger partial charge in [-0.1, -0.05) is 24.3 Å². The molecule has 0 spiro atoms. The number of nitrogens with zero attached hydrogens (tertiary/aromatic N) is 1. The molecule has 0 fully saturated rings. The Morgan fingerprint density at radius 3 is 2.33 bits per heavy atom. The van der Waals surface area contributed by atoms with E-state index in [1.54, 1.807) is 29.6 Å². The monoisotopic (exact) mass is 346 g/mol. The summed E-state index contributed by atoms with van der Waals surface area (Å²) in [4.78, 5) is 35.7. The number of nitrogens with one attached hydrogen (secondary N) is 3. The van der Waals surface area contributed by atoms with Crippen LogP contribution < -0.4 is 21.1 Å². The number of thiophene rings is 1. The minimum Gasteiger partial charge on any atom is -0.345 e. The minimum absolute atomic E-state index is 0.176. The predicted octanol–water partition coefficient (Wildman–Crippen LogP) is 0.762. The number of hydrogen-bond acceptors (Lipinski definition) is 5. The molecule has 0 aliphatic heterocycles. The van der Waals surface area contributed by atoms with Crippen molar-refractivity contribution >= 4 is 34.7 Å². The van der Waals surface area contributed by atoms with Crippen LogP contribution >= 0.6 is 11.3 Å². The molecule has 0 aliphatic carbocycles. The van der Waals surface area contributed by atoms with Gasteiger partial charge in [-0.3, -0.25) is 24.8 Å². The third-order valence-electron chi connectivity index (χ3n) is 3.04. The summed E-state index contributed by atoms with van der Waals surface area (Å²) < 4.78 is 0. The summed E-state index contributed by atoms with van der Waals surface area (Å²) >= 11 is 1.29. The first-order valence-corrected chi connectivity index (χ1v) is 8.11. The van der Waals surface area contributed by atoms with Crippen molar-refractivity contribution in [2.24, 2.45) is 0 Å². The molecular weight excluding hydrogens is 328 g/mol. The van der Waals surface area contributed by atoms with Crippen LogP contribution in [0.25, 0.3) is 0 Å². The van der Waals surface area contributed by atoms with E-state index in [2.05, 4.69) is 16.1 Å². The molecule has 1 aromatic carbocycles. The minimum atomic E-state index is -0.433. The topological polar surface area (TPSA) is 90.5 Å². The van der Waals surface area contributed by atoms with E-state index in [4.69, 9.17) is 0 Å². The van der Waals surface area contributed by atoms with E-state index < -0.39 is 5.91 Å². The normalized spacial score (nSPS) is 9.88. The molecule has 126 valence electrons. The van der Waals surface area contributed by atoms with Crippen molar-refractivity contribution in [1.29, 1.82) is 0 Å². The Kier molecular flexibility index (Phi) is 6.32. The highest BCUT2D eigenvalue weighted by Crippen LogP contribution is 2.08. The van der Waals surface area contributed by atoms with Gasteiger partial charge in [-0.25, -0.2) is 0 Å². The van der Waals surface area contributed by atoms with Crippen molar-refractivity contribution in [2.45, 2.75) is 0 Å². The Hall–Kier alpha value is -2.87. The molecule has 3 N–H and O–H groups in total. The zero-order valence-electron chi connectivity index (χ0n) is 13.1. The molecule has 0 saturated heterocycles. The van der Waals surface area contributed by atoms with Crippen molar-refractivity contribution in [2.75, 3.05) is 25.1 Å². The average Bonchev–Trinajstić information content (AvgIpc) is 3.13. The van der Waals surface area contributed by atoms with Crippen LogP contribution in [0.1, 0.15) is 9.67 Å². The van der Waals surface area contributed by atoms with Gasteiger partial charge in [0.1, 0.15) is 0 Å². The Morgan fingerprint density at radius 1 is 0.958 bits per heavy atom. The highest BCUT2D eigenvalue weighted by atomic mass is 32.1. The van der Waals surface area contributed by atoms with E-state index in [0.717, 1.165) is 5.69 Å². The summed E-state index contributed by atoms with van der Waals surface area (Å²) in [6.45, 7) is -0.358. The van der Waals surface area contributed by atoms with Gasteiger partial charge in [0.15, 0.2) is 0 Å². The molecule has 3 amide bonds. The molecule has 0 radical (unpaired) electrons. The van der Waals surface area contributed by atoms with Gasteiger partial charge in [-0.05, 0) is 23.6 Å². The van der Waals surface area contributed by atoms with Gasteiger partial charge in [0, 0.05) is 7.05 Å². The molecule has 7 nitrogen and oxygen atoms in total. The fourth-order valence-electron chi connectivity index (χ4n) is 1.84. The fraction of sp³-hybridized carbons (Fsp3) is 0.188. The zero-order chi connectivity index (χ0) is 17.4. The lowest BCUT2D eigenvalue weighted by atomic mass is 10.3. The molecule has 2 rings (SSSR count). The van der Waals surface area contributed by atoms with Crippen molar-refractivity contribution in [3.05, 3.63) is 52.7 Å². The first-order chi connectivity index (χ1) is 11.6. The molecule has 0 saturated carbocycles. The van der Waals surface area contributed by atoms with Gasteiger partial charge in [0.05, 0.1) is 23.7 Å². The summed E-state index contributed by atoms with van der Waals surface area (Å²) in [6.07, 6.45) is 0. The lowest BCUT2D eigenvalue weighted by Crippen LogP contribution is -2.46. The summed E-state index contributed by atoms with van der Waals surface area (Å²) in [7, 11) is 1.70. The van der Waals surface area contributed by atoms with Crippen molar-refractivity contribution in [3.63, 3.8) is 0 Å². The third-order valence-corrected chi connectivity index (χ3v) is 3.91. The molecular formula is C16H18N4O3S. The van der Waals surface area contributed by atoms with Crippen LogP contribution in [0.2, 0.25) is 0 Å². The van der Waals surface area contributed by atoms with E-state index in [0.29, 0.717) is 4.88 Å². The van der Waals surface area contributed by atoms with Crippen molar-refractivity contribution in [3.8, 4) is 0 Å².